The maximum absolute atomic E-state index is 6.31. The van der Waals surface area contributed by atoms with E-state index in [9.17, 15) is 0 Å². The molecule has 2 aromatic rings. The van der Waals surface area contributed by atoms with Gasteiger partial charge >= 0.3 is 0 Å². The molecule has 1 N–H and O–H groups in total. The van der Waals surface area contributed by atoms with Crippen molar-refractivity contribution in [2.24, 2.45) is 0 Å². The fraction of sp³-hybridized carbons (Fsp3) is 0.333. The van der Waals surface area contributed by atoms with Gasteiger partial charge in [0.15, 0.2) is 0 Å². The molecule has 0 saturated carbocycles. The number of aryl methyl sites for hydroxylation is 1. The van der Waals surface area contributed by atoms with Gasteiger partial charge in [-0.3, -0.25) is 0 Å². The van der Waals surface area contributed by atoms with Gasteiger partial charge in [-0.25, -0.2) is 0 Å². The molecule has 0 saturated heterocycles. The minimum Gasteiger partial charge on any atom is -0.316 e. The van der Waals surface area contributed by atoms with E-state index in [4.69, 9.17) is 11.6 Å². The summed E-state index contributed by atoms with van der Waals surface area (Å²) in [4.78, 5) is 0. The Morgan fingerprint density at radius 3 is 2.45 bits per heavy atom. The summed E-state index contributed by atoms with van der Waals surface area (Å²) in [6.45, 7) is 6.29. The second-order valence-corrected chi connectivity index (χ2v) is 5.56. The molecule has 0 spiro atoms. The van der Waals surface area contributed by atoms with Crippen molar-refractivity contribution in [2.45, 2.75) is 26.2 Å². The molecule has 2 aromatic carbocycles. The molecule has 1 atom stereocenters. The van der Waals surface area contributed by atoms with Crippen molar-refractivity contribution >= 4 is 11.6 Å². The molecule has 0 fully saturated rings. The number of rotatable bonds is 6. The number of nitrogens with one attached hydrogen (secondary N) is 1. The molecular weight excluding hydrogens is 266 g/mol. The number of benzene rings is 2. The van der Waals surface area contributed by atoms with Crippen molar-refractivity contribution < 1.29 is 0 Å². The van der Waals surface area contributed by atoms with Gasteiger partial charge in [-0.1, -0.05) is 61.0 Å². The average Bonchev–Trinajstić information content (AvgIpc) is 2.46. The van der Waals surface area contributed by atoms with Crippen LogP contribution >= 0.6 is 11.6 Å². The van der Waals surface area contributed by atoms with Crippen molar-refractivity contribution in [1.29, 1.82) is 0 Å². The molecular formula is C18H22ClN. The van der Waals surface area contributed by atoms with Gasteiger partial charge in [0.05, 0.1) is 0 Å². The maximum Gasteiger partial charge on any atom is 0.0438 e. The standard InChI is InChI=1S/C18H22ClN/c1-3-20-13-16(17-10-6-4-8-14(17)2)12-15-9-5-7-11-18(15)19/h4-11,16,20H,3,12-13H2,1-2H3. The molecule has 0 amide bonds. The average molecular weight is 288 g/mol. The fourth-order valence-corrected chi connectivity index (χ4v) is 2.80. The molecule has 1 nitrogen and oxygen atoms in total. The van der Waals surface area contributed by atoms with Crippen molar-refractivity contribution in [3.05, 3.63) is 70.2 Å². The van der Waals surface area contributed by atoms with Crippen LogP contribution in [0.25, 0.3) is 0 Å². The first kappa shape index (κ1) is 15.1. The number of halogens is 1. The van der Waals surface area contributed by atoms with Gasteiger partial charge in [0.1, 0.15) is 0 Å². The van der Waals surface area contributed by atoms with Crippen LogP contribution in [-0.2, 0) is 6.42 Å². The fourth-order valence-electron chi connectivity index (χ4n) is 2.58. The highest BCUT2D eigenvalue weighted by Crippen LogP contribution is 2.26. The minimum absolute atomic E-state index is 0.455. The van der Waals surface area contributed by atoms with Crippen LogP contribution in [0.4, 0.5) is 0 Å². The van der Waals surface area contributed by atoms with Crippen molar-refractivity contribution in [3.63, 3.8) is 0 Å². The summed E-state index contributed by atoms with van der Waals surface area (Å²) in [7, 11) is 0. The normalized spacial score (nSPS) is 12.3. The van der Waals surface area contributed by atoms with Gasteiger partial charge in [0.25, 0.3) is 0 Å². The van der Waals surface area contributed by atoms with Crippen molar-refractivity contribution in [2.75, 3.05) is 13.1 Å². The number of likely N-dealkylation sites (N-methyl/N-ethyl adjacent to an activating group) is 1. The van der Waals surface area contributed by atoms with E-state index in [1.807, 2.05) is 12.1 Å². The SMILES string of the molecule is CCNCC(Cc1ccccc1Cl)c1ccccc1C. The monoisotopic (exact) mass is 287 g/mol. The summed E-state index contributed by atoms with van der Waals surface area (Å²) >= 11 is 6.31. The maximum atomic E-state index is 6.31. The van der Waals surface area contributed by atoms with Crippen LogP contribution in [-0.4, -0.2) is 13.1 Å². The number of hydrogen-bond donors (Lipinski definition) is 1. The quantitative estimate of drug-likeness (QED) is 0.820. The van der Waals surface area contributed by atoms with Crippen LogP contribution in [0.2, 0.25) is 5.02 Å². The Balaban J connectivity index is 2.24. The molecule has 106 valence electrons. The zero-order valence-electron chi connectivity index (χ0n) is 12.2. The lowest BCUT2D eigenvalue weighted by Crippen LogP contribution is -2.23. The van der Waals surface area contributed by atoms with Crippen LogP contribution in [0.3, 0.4) is 0 Å². The van der Waals surface area contributed by atoms with Crippen LogP contribution in [0.1, 0.15) is 29.5 Å². The molecule has 0 heterocycles. The summed E-state index contributed by atoms with van der Waals surface area (Å²) in [6.07, 6.45) is 0.970. The van der Waals surface area contributed by atoms with E-state index >= 15 is 0 Å². The van der Waals surface area contributed by atoms with E-state index in [1.54, 1.807) is 0 Å². The molecule has 20 heavy (non-hydrogen) atoms. The largest absolute Gasteiger partial charge is 0.316 e. The highest BCUT2D eigenvalue weighted by molar-refractivity contribution is 6.31. The Kier molecular flexibility index (Phi) is 5.63. The predicted molar refractivity (Wildman–Crippen MR) is 87.6 cm³/mol. The van der Waals surface area contributed by atoms with Gasteiger partial charge < -0.3 is 5.32 Å². The topological polar surface area (TPSA) is 12.0 Å². The first-order valence-electron chi connectivity index (χ1n) is 7.22. The molecule has 0 aliphatic rings. The highest BCUT2D eigenvalue weighted by atomic mass is 35.5. The van der Waals surface area contributed by atoms with Gasteiger partial charge in [-0.05, 0) is 42.6 Å². The summed E-state index contributed by atoms with van der Waals surface area (Å²) in [5.41, 5.74) is 3.98. The first-order chi connectivity index (χ1) is 9.72. The van der Waals surface area contributed by atoms with Crippen molar-refractivity contribution in [3.8, 4) is 0 Å². The Morgan fingerprint density at radius 1 is 1.05 bits per heavy atom. The second kappa shape index (κ2) is 7.47. The molecule has 0 radical (unpaired) electrons. The van der Waals surface area contributed by atoms with Gasteiger partial charge in [0.2, 0.25) is 0 Å². The van der Waals surface area contributed by atoms with Gasteiger partial charge in [-0.2, -0.15) is 0 Å². The Labute approximate surface area is 127 Å². The Hall–Kier alpha value is -1.31. The van der Waals surface area contributed by atoms with Crippen molar-refractivity contribution in [1.82, 2.24) is 5.32 Å². The predicted octanol–water partition coefficient (Wildman–Crippen LogP) is 4.58. The lowest BCUT2D eigenvalue weighted by Gasteiger charge is -2.20. The van der Waals surface area contributed by atoms with Crippen LogP contribution in [0.15, 0.2) is 48.5 Å². The van der Waals surface area contributed by atoms with E-state index in [2.05, 4.69) is 55.6 Å². The molecule has 2 heteroatoms. The van der Waals surface area contributed by atoms with E-state index in [-0.39, 0.29) is 0 Å². The van der Waals surface area contributed by atoms with E-state index in [0.29, 0.717) is 5.92 Å². The highest BCUT2D eigenvalue weighted by Gasteiger charge is 2.15. The van der Waals surface area contributed by atoms with E-state index in [1.165, 1.54) is 16.7 Å². The molecule has 2 rings (SSSR count). The summed E-state index contributed by atoms with van der Waals surface area (Å²) < 4.78 is 0. The van der Waals surface area contributed by atoms with Gasteiger partial charge in [-0.15, -0.1) is 0 Å². The molecule has 1 unspecified atom stereocenters. The third kappa shape index (κ3) is 3.84. The van der Waals surface area contributed by atoms with E-state index < -0.39 is 0 Å². The van der Waals surface area contributed by atoms with Crippen LogP contribution < -0.4 is 5.32 Å². The zero-order valence-corrected chi connectivity index (χ0v) is 13.0. The second-order valence-electron chi connectivity index (χ2n) is 5.16. The summed E-state index contributed by atoms with van der Waals surface area (Å²) in [5.74, 6) is 0.455. The Bertz CT molecular complexity index is 551. The summed E-state index contributed by atoms with van der Waals surface area (Å²) in [6, 6.07) is 16.8. The van der Waals surface area contributed by atoms with Crippen LogP contribution in [0, 0.1) is 6.92 Å². The molecule has 0 aliphatic heterocycles. The first-order valence-corrected chi connectivity index (χ1v) is 7.59. The molecule has 0 aliphatic carbocycles. The van der Waals surface area contributed by atoms with Gasteiger partial charge in [0, 0.05) is 17.5 Å². The van der Waals surface area contributed by atoms with E-state index in [0.717, 1.165) is 24.5 Å². The lowest BCUT2D eigenvalue weighted by atomic mass is 9.89. The molecule has 0 aromatic heterocycles. The van der Waals surface area contributed by atoms with Crippen LogP contribution in [0.5, 0.6) is 0 Å². The zero-order chi connectivity index (χ0) is 14.4. The smallest absolute Gasteiger partial charge is 0.0438 e. The molecule has 0 bridgehead atoms. The third-order valence-electron chi connectivity index (χ3n) is 3.69. The lowest BCUT2D eigenvalue weighted by molar-refractivity contribution is 0.593. The summed E-state index contributed by atoms with van der Waals surface area (Å²) in [5, 5.41) is 4.33. The minimum atomic E-state index is 0.455. The third-order valence-corrected chi connectivity index (χ3v) is 4.06. The number of hydrogen-bond acceptors (Lipinski definition) is 1. The Morgan fingerprint density at radius 2 is 1.75 bits per heavy atom.